The van der Waals surface area contributed by atoms with E-state index in [1.165, 1.54) is 5.56 Å². The van der Waals surface area contributed by atoms with Gasteiger partial charge in [-0.2, -0.15) is 0 Å². The predicted octanol–water partition coefficient (Wildman–Crippen LogP) is 2.93. The van der Waals surface area contributed by atoms with Gasteiger partial charge in [-0.05, 0) is 37.0 Å². The van der Waals surface area contributed by atoms with E-state index < -0.39 is 5.60 Å². The molecule has 0 saturated heterocycles. The Balaban J connectivity index is 1.93. The van der Waals surface area contributed by atoms with Gasteiger partial charge in [-0.3, -0.25) is 0 Å². The lowest BCUT2D eigenvalue weighted by Crippen LogP contribution is -2.32. The molecule has 0 aliphatic heterocycles. The van der Waals surface area contributed by atoms with Crippen molar-refractivity contribution in [2.75, 3.05) is 6.61 Å². The number of hydrogen-bond donors (Lipinski definition) is 1. The van der Waals surface area contributed by atoms with Crippen LogP contribution in [0.25, 0.3) is 0 Å². The van der Waals surface area contributed by atoms with Gasteiger partial charge in [-0.1, -0.05) is 31.9 Å². The lowest BCUT2D eigenvalue weighted by molar-refractivity contribution is 0.00139. The average molecular weight is 220 g/mol. The molecule has 1 aromatic carbocycles. The van der Waals surface area contributed by atoms with Crippen molar-refractivity contribution in [2.24, 2.45) is 0 Å². The third-order valence-electron chi connectivity index (χ3n) is 3.35. The van der Waals surface area contributed by atoms with Crippen LogP contribution < -0.4 is 4.74 Å². The van der Waals surface area contributed by atoms with E-state index in [2.05, 4.69) is 19.1 Å². The average Bonchev–Trinajstić information content (AvgIpc) is 2.75. The summed E-state index contributed by atoms with van der Waals surface area (Å²) in [5, 5.41) is 10.2. The Morgan fingerprint density at radius 1 is 1.31 bits per heavy atom. The molecular formula is C14H20O2. The largest absolute Gasteiger partial charge is 0.491 e. The summed E-state index contributed by atoms with van der Waals surface area (Å²) < 4.78 is 5.69. The summed E-state index contributed by atoms with van der Waals surface area (Å²) >= 11 is 0. The first-order chi connectivity index (χ1) is 7.72. The fraction of sp³-hybridized carbons (Fsp3) is 0.571. The highest BCUT2D eigenvalue weighted by Crippen LogP contribution is 2.30. The van der Waals surface area contributed by atoms with Gasteiger partial charge in [0.15, 0.2) is 0 Å². The zero-order chi connectivity index (χ0) is 11.4. The summed E-state index contributed by atoms with van der Waals surface area (Å²) in [7, 11) is 0. The molecular weight excluding hydrogens is 200 g/mol. The quantitative estimate of drug-likeness (QED) is 0.845. The summed E-state index contributed by atoms with van der Waals surface area (Å²) in [5.74, 6) is 0.875. The summed E-state index contributed by atoms with van der Waals surface area (Å²) in [6.07, 6.45) is 5.01. The summed E-state index contributed by atoms with van der Waals surface area (Å²) in [4.78, 5) is 0. The smallest absolute Gasteiger partial charge is 0.119 e. The van der Waals surface area contributed by atoms with Crippen molar-refractivity contribution in [1.82, 2.24) is 0 Å². The first-order valence-corrected chi connectivity index (χ1v) is 6.16. The van der Waals surface area contributed by atoms with Crippen molar-refractivity contribution >= 4 is 0 Å². The van der Waals surface area contributed by atoms with Crippen molar-refractivity contribution in [3.63, 3.8) is 0 Å². The van der Waals surface area contributed by atoms with Gasteiger partial charge in [-0.25, -0.2) is 0 Å². The molecule has 0 amide bonds. The van der Waals surface area contributed by atoms with E-state index in [-0.39, 0.29) is 0 Å². The van der Waals surface area contributed by atoms with E-state index in [0.717, 1.165) is 37.9 Å². The summed E-state index contributed by atoms with van der Waals surface area (Å²) in [6, 6.07) is 8.11. The van der Waals surface area contributed by atoms with Crippen LogP contribution in [0.4, 0.5) is 0 Å². The lowest BCUT2D eigenvalue weighted by Gasteiger charge is -2.22. The standard InChI is InChI=1S/C14H20O2/c1-2-12-6-5-7-13(10-12)16-11-14(15)8-3-4-9-14/h5-7,10,15H,2-4,8-9,11H2,1H3. The van der Waals surface area contributed by atoms with Crippen molar-refractivity contribution < 1.29 is 9.84 Å². The van der Waals surface area contributed by atoms with Gasteiger partial charge < -0.3 is 9.84 Å². The molecule has 1 fully saturated rings. The van der Waals surface area contributed by atoms with Crippen LogP contribution in [0.5, 0.6) is 5.75 Å². The van der Waals surface area contributed by atoms with E-state index in [1.807, 2.05) is 12.1 Å². The summed E-state index contributed by atoms with van der Waals surface area (Å²) in [5.41, 5.74) is 0.693. The van der Waals surface area contributed by atoms with E-state index in [9.17, 15) is 5.11 Å². The zero-order valence-corrected chi connectivity index (χ0v) is 9.91. The predicted molar refractivity (Wildman–Crippen MR) is 64.7 cm³/mol. The maximum absolute atomic E-state index is 10.2. The highest BCUT2D eigenvalue weighted by atomic mass is 16.5. The molecule has 1 N–H and O–H groups in total. The van der Waals surface area contributed by atoms with Crippen LogP contribution in [0.1, 0.15) is 38.2 Å². The van der Waals surface area contributed by atoms with E-state index >= 15 is 0 Å². The van der Waals surface area contributed by atoms with E-state index in [1.54, 1.807) is 0 Å². The minimum atomic E-state index is -0.581. The molecule has 1 saturated carbocycles. The van der Waals surface area contributed by atoms with Crippen LogP contribution in [0.15, 0.2) is 24.3 Å². The Labute approximate surface area is 97.3 Å². The van der Waals surface area contributed by atoms with Gasteiger partial charge in [0.1, 0.15) is 12.4 Å². The van der Waals surface area contributed by atoms with Crippen molar-refractivity contribution in [3.05, 3.63) is 29.8 Å². The second-order valence-corrected chi connectivity index (χ2v) is 4.72. The Morgan fingerprint density at radius 2 is 2.06 bits per heavy atom. The second kappa shape index (κ2) is 4.88. The minimum Gasteiger partial charge on any atom is -0.491 e. The molecule has 0 atom stereocenters. The van der Waals surface area contributed by atoms with E-state index in [4.69, 9.17) is 4.74 Å². The second-order valence-electron chi connectivity index (χ2n) is 4.72. The van der Waals surface area contributed by atoms with Gasteiger partial charge in [-0.15, -0.1) is 0 Å². The molecule has 0 unspecified atom stereocenters. The molecule has 1 aliphatic carbocycles. The highest BCUT2D eigenvalue weighted by Gasteiger charge is 2.31. The van der Waals surface area contributed by atoms with Crippen LogP contribution in [0.3, 0.4) is 0 Å². The Bertz CT molecular complexity index is 340. The number of benzene rings is 1. The molecule has 1 aliphatic rings. The van der Waals surface area contributed by atoms with Crippen LogP contribution in [0.2, 0.25) is 0 Å². The maximum atomic E-state index is 10.2. The topological polar surface area (TPSA) is 29.5 Å². The Kier molecular flexibility index (Phi) is 3.49. The number of aryl methyl sites for hydroxylation is 1. The van der Waals surface area contributed by atoms with Gasteiger partial charge in [0, 0.05) is 0 Å². The van der Waals surface area contributed by atoms with Gasteiger partial charge in [0.25, 0.3) is 0 Å². The molecule has 2 nitrogen and oxygen atoms in total. The van der Waals surface area contributed by atoms with Gasteiger partial charge in [0.05, 0.1) is 5.60 Å². The van der Waals surface area contributed by atoms with E-state index in [0.29, 0.717) is 6.61 Å². The van der Waals surface area contributed by atoms with Crippen LogP contribution in [-0.4, -0.2) is 17.3 Å². The van der Waals surface area contributed by atoms with Gasteiger partial charge >= 0.3 is 0 Å². The van der Waals surface area contributed by atoms with Gasteiger partial charge in [0.2, 0.25) is 0 Å². The third kappa shape index (κ3) is 2.76. The van der Waals surface area contributed by atoms with Crippen LogP contribution in [0, 0.1) is 0 Å². The minimum absolute atomic E-state index is 0.431. The third-order valence-corrected chi connectivity index (χ3v) is 3.35. The normalized spacial score (nSPS) is 18.6. The lowest BCUT2D eigenvalue weighted by atomic mass is 10.0. The summed E-state index contributed by atoms with van der Waals surface area (Å²) in [6.45, 7) is 2.56. The van der Waals surface area contributed by atoms with Crippen LogP contribution in [-0.2, 0) is 6.42 Å². The fourth-order valence-corrected chi connectivity index (χ4v) is 2.25. The Morgan fingerprint density at radius 3 is 2.75 bits per heavy atom. The fourth-order valence-electron chi connectivity index (χ4n) is 2.25. The van der Waals surface area contributed by atoms with Crippen LogP contribution >= 0.6 is 0 Å². The maximum Gasteiger partial charge on any atom is 0.119 e. The first-order valence-electron chi connectivity index (χ1n) is 6.16. The zero-order valence-electron chi connectivity index (χ0n) is 9.91. The number of aliphatic hydroxyl groups is 1. The van der Waals surface area contributed by atoms with Crippen molar-refractivity contribution in [2.45, 2.75) is 44.6 Å². The molecule has 88 valence electrons. The molecule has 0 radical (unpaired) electrons. The Hall–Kier alpha value is -1.02. The first kappa shape index (κ1) is 11.5. The number of hydrogen-bond acceptors (Lipinski definition) is 2. The molecule has 0 bridgehead atoms. The molecule has 2 rings (SSSR count). The molecule has 0 aromatic heterocycles. The molecule has 2 heteroatoms. The van der Waals surface area contributed by atoms with Crippen molar-refractivity contribution in [1.29, 1.82) is 0 Å². The number of rotatable bonds is 4. The highest BCUT2D eigenvalue weighted by molar-refractivity contribution is 5.28. The molecule has 0 spiro atoms. The monoisotopic (exact) mass is 220 g/mol. The molecule has 16 heavy (non-hydrogen) atoms. The number of ether oxygens (including phenoxy) is 1. The molecule has 1 aromatic rings. The molecule has 0 heterocycles. The van der Waals surface area contributed by atoms with Crippen molar-refractivity contribution in [3.8, 4) is 5.75 Å². The SMILES string of the molecule is CCc1cccc(OCC2(O)CCCC2)c1.